The number of ketones is 1. The molecular formula is C24H23F3N2O2. The first-order chi connectivity index (χ1) is 14.6. The summed E-state index contributed by atoms with van der Waals surface area (Å²) >= 11 is 0. The Kier molecular flexibility index (Phi) is 6.34. The van der Waals surface area contributed by atoms with E-state index in [2.05, 4.69) is 5.32 Å². The van der Waals surface area contributed by atoms with Gasteiger partial charge in [0.05, 0.1) is 16.8 Å². The highest BCUT2D eigenvalue weighted by Crippen LogP contribution is 2.35. The van der Waals surface area contributed by atoms with Crippen LogP contribution < -0.4 is 5.32 Å². The molecule has 4 nitrogen and oxygen atoms in total. The lowest BCUT2D eigenvalue weighted by Gasteiger charge is -2.16. The fourth-order valence-electron chi connectivity index (χ4n) is 3.58. The van der Waals surface area contributed by atoms with Gasteiger partial charge in [-0.1, -0.05) is 19.1 Å². The van der Waals surface area contributed by atoms with Crippen LogP contribution in [0, 0.1) is 13.8 Å². The first-order valence-electron chi connectivity index (χ1n) is 9.93. The second-order valence-electron chi connectivity index (χ2n) is 7.34. The summed E-state index contributed by atoms with van der Waals surface area (Å²) in [5.41, 5.74) is 1.47. The van der Waals surface area contributed by atoms with Crippen molar-refractivity contribution < 1.29 is 22.8 Å². The topological polar surface area (TPSA) is 51.1 Å². The number of hydrogen-bond donors (Lipinski definition) is 1. The molecule has 31 heavy (non-hydrogen) atoms. The molecule has 1 aromatic heterocycles. The Bertz CT molecular complexity index is 1110. The van der Waals surface area contributed by atoms with E-state index in [-0.39, 0.29) is 17.0 Å². The number of aryl methyl sites for hydroxylation is 1. The van der Waals surface area contributed by atoms with Crippen LogP contribution in [0.1, 0.15) is 57.4 Å². The molecule has 0 aliphatic rings. The van der Waals surface area contributed by atoms with E-state index < -0.39 is 17.6 Å². The van der Waals surface area contributed by atoms with Gasteiger partial charge in [-0.2, -0.15) is 13.2 Å². The molecule has 1 heterocycles. The zero-order chi connectivity index (χ0) is 22.8. The summed E-state index contributed by atoms with van der Waals surface area (Å²) in [5.74, 6) is -0.399. The number of para-hydroxylation sites is 1. The van der Waals surface area contributed by atoms with Crippen LogP contribution in [-0.2, 0) is 6.18 Å². The van der Waals surface area contributed by atoms with Crippen LogP contribution in [0.3, 0.4) is 0 Å². The minimum Gasteiger partial charge on any atom is -0.322 e. The summed E-state index contributed by atoms with van der Waals surface area (Å²) in [4.78, 5) is 24.8. The molecule has 0 atom stereocenters. The smallest absolute Gasteiger partial charge is 0.322 e. The van der Waals surface area contributed by atoms with Crippen molar-refractivity contribution in [2.45, 2.75) is 39.8 Å². The van der Waals surface area contributed by atoms with Gasteiger partial charge in [0.1, 0.15) is 0 Å². The van der Waals surface area contributed by atoms with E-state index in [1.807, 2.05) is 6.92 Å². The number of aromatic nitrogens is 1. The fourth-order valence-corrected chi connectivity index (χ4v) is 3.58. The molecule has 0 saturated heterocycles. The second-order valence-corrected chi connectivity index (χ2v) is 7.34. The molecule has 0 aliphatic heterocycles. The van der Waals surface area contributed by atoms with Crippen LogP contribution in [-0.4, -0.2) is 16.3 Å². The van der Waals surface area contributed by atoms with Gasteiger partial charge in [-0.25, -0.2) is 0 Å². The quantitative estimate of drug-likeness (QED) is 0.465. The van der Waals surface area contributed by atoms with Crippen LogP contribution in [0.15, 0.2) is 54.6 Å². The number of alkyl halides is 3. The largest absolute Gasteiger partial charge is 0.418 e. The third-order valence-electron chi connectivity index (χ3n) is 5.07. The standard InChI is InChI=1S/C24H23F3N2O2/c1-4-7-22(30)17-10-12-18(13-11-17)28-23(31)19-14-15(2)29(16(19)3)21-9-6-5-8-20(21)24(25,26)27/h5-6,8-14H,4,7H2,1-3H3,(H,28,31). The van der Waals surface area contributed by atoms with Gasteiger partial charge in [0, 0.05) is 29.1 Å². The number of Topliss-reactive ketones (excluding diaryl/α,β-unsaturated/α-hetero) is 1. The minimum atomic E-state index is -4.51. The number of nitrogens with one attached hydrogen (secondary N) is 1. The summed E-state index contributed by atoms with van der Waals surface area (Å²) in [6.07, 6.45) is -3.30. The predicted octanol–water partition coefficient (Wildman–Crippen LogP) is 6.35. The maximum Gasteiger partial charge on any atom is 0.418 e. The van der Waals surface area contributed by atoms with E-state index in [1.54, 1.807) is 44.2 Å². The van der Waals surface area contributed by atoms with E-state index >= 15 is 0 Å². The molecule has 1 N–H and O–H groups in total. The Morgan fingerprint density at radius 2 is 1.65 bits per heavy atom. The van der Waals surface area contributed by atoms with Gasteiger partial charge >= 0.3 is 6.18 Å². The van der Waals surface area contributed by atoms with Crippen molar-refractivity contribution in [2.75, 3.05) is 5.32 Å². The Morgan fingerprint density at radius 1 is 1.00 bits per heavy atom. The van der Waals surface area contributed by atoms with Crippen molar-refractivity contribution in [3.8, 4) is 5.69 Å². The number of carbonyl (C=O) groups is 2. The van der Waals surface area contributed by atoms with E-state index in [9.17, 15) is 22.8 Å². The van der Waals surface area contributed by atoms with Crippen molar-refractivity contribution in [2.24, 2.45) is 0 Å². The Morgan fingerprint density at radius 3 is 2.26 bits per heavy atom. The third-order valence-corrected chi connectivity index (χ3v) is 5.07. The molecule has 1 amide bonds. The number of anilines is 1. The van der Waals surface area contributed by atoms with E-state index in [0.717, 1.165) is 12.5 Å². The molecule has 162 valence electrons. The summed E-state index contributed by atoms with van der Waals surface area (Å²) in [6.45, 7) is 5.20. The molecule has 0 radical (unpaired) electrons. The van der Waals surface area contributed by atoms with Crippen LogP contribution in [0.2, 0.25) is 0 Å². The van der Waals surface area contributed by atoms with Crippen LogP contribution in [0.25, 0.3) is 5.69 Å². The molecular weight excluding hydrogens is 405 g/mol. The van der Waals surface area contributed by atoms with Crippen molar-refractivity contribution in [3.63, 3.8) is 0 Å². The normalized spacial score (nSPS) is 11.4. The summed E-state index contributed by atoms with van der Waals surface area (Å²) in [6, 6.07) is 13.4. The monoisotopic (exact) mass is 428 g/mol. The SMILES string of the molecule is CCCC(=O)c1ccc(NC(=O)c2cc(C)n(-c3ccccc3C(F)(F)F)c2C)cc1. The van der Waals surface area contributed by atoms with Gasteiger partial charge in [0.25, 0.3) is 5.91 Å². The zero-order valence-corrected chi connectivity index (χ0v) is 17.5. The van der Waals surface area contributed by atoms with Gasteiger partial charge in [0.15, 0.2) is 5.78 Å². The Labute approximate surface area is 178 Å². The highest BCUT2D eigenvalue weighted by atomic mass is 19.4. The maximum absolute atomic E-state index is 13.5. The number of rotatable bonds is 6. The molecule has 7 heteroatoms. The van der Waals surface area contributed by atoms with Crippen molar-refractivity contribution in [1.29, 1.82) is 0 Å². The maximum atomic E-state index is 13.5. The third kappa shape index (κ3) is 4.71. The van der Waals surface area contributed by atoms with Crippen molar-refractivity contribution in [3.05, 3.63) is 82.7 Å². The van der Waals surface area contributed by atoms with Gasteiger partial charge in [0.2, 0.25) is 0 Å². The van der Waals surface area contributed by atoms with Crippen molar-refractivity contribution >= 4 is 17.4 Å². The van der Waals surface area contributed by atoms with E-state index in [0.29, 0.717) is 29.1 Å². The number of benzene rings is 2. The fraction of sp³-hybridized carbons (Fsp3) is 0.250. The van der Waals surface area contributed by atoms with Gasteiger partial charge in [-0.3, -0.25) is 9.59 Å². The average Bonchev–Trinajstić information content (AvgIpc) is 3.02. The molecule has 0 unspecified atom stereocenters. The molecule has 3 aromatic rings. The van der Waals surface area contributed by atoms with E-state index in [1.165, 1.54) is 22.8 Å². The van der Waals surface area contributed by atoms with E-state index in [4.69, 9.17) is 0 Å². The minimum absolute atomic E-state index is 0.0251. The Hall–Kier alpha value is -3.35. The molecule has 0 fully saturated rings. The lowest BCUT2D eigenvalue weighted by atomic mass is 10.1. The summed E-state index contributed by atoms with van der Waals surface area (Å²) < 4.78 is 41.8. The first kappa shape index (κ1) is 22.3. The number of amides is 1. The highest BCUT2D eigenvalue weighted by molar-refractivity contribution is 6.05. The average molecular weight is 428 g/mol. The number of halogens is 3. The van der Waals surface area contributed by atoms with Crippen LogP contribution in [0.4, 0.5) is 18.9 Å². The number of carbonyl (C=O) groups excluding carboxylic acids is 2. The van der Waals surface area contributed by atoms with Gasteiger partial charge in [-0.15, -0.1) is 0 Å². The van der Waals surface area contributed by atoms with Crippen LogP contribution >= 0.6 is 0 Å². The lowest BCUT2D eigenvalue weighted by Crippen LogP contribution is -2.15. The first-order valence-corrected chi connectivity index (χ1v) is 9.93. The van der Waals surface area contributed by atoms with Crippen molar-refractivity contribution in [1.82, 2.24) is 4.57 Å². The molecule has 0 aliphatic carbocycles. The zero-order valence-electron chi connectivity index (χ0n) is 17.5. The summed E-state index contributed by atoms with van der Waals surface area (Å²) in [5, 5.41) is 2.75. The molecule has 0 saturated carbocycles. The Balaban J connectivity index is 1.89. The van der Waals surface area contributed by atoms with Crippen LogP contribution in [0.5, 0.6) is 0 Å². The van der Waals surface area contributed by atoms with Gasteiger partial charge in [-0.05, 0) is 62.7 Å². The highest BCUT2D eigenvalue weighted by Gasteiger charge is 2.34. The summed E-state index contributed by atoms with van der Waals surface area (Å²) in [7, 11) is 0. The molecule has 0 bridgehead atoms. The molecule has 0 spiro atoms. The second kappa shape index (κ2) is 8.79. The predicted molar refractivity (Wildman–Crippen MR) is 114 cm³/mol. The molecule has 3 rings (SSSR count). The lowest BCUT2D eigenvalue weighted by molar-refractivity contribution is -0.137. The van der Waals surface area contributed by atoms with Gasteiger partial charge < -0.3 is 9.88 Å². The number of nitrogens with zero attached hydrogens (tertiary/aromatic N) is 1. The number of hydrogen-bond acceptors (Lipinski definition) is 2. The molecule has 2 aromatic carbocycles.